The third kappa shape index (κ3) is 17.5. The second-order valence-corrected chi connectivity index (χ2v) is 17.1. The van der Waals surface area contributed by atoms with Crippen LogP contribution in [-0.2, 0) is 30.3 Å². The van der Waals surface area contributed by atoms with Gasteiger partial charge in [-0.15, -0.1) is 0 Å². The molecule has 0 saturated carbocycles. The molecule has 0 aromatic heterocycles. The van der Waals surface area contributed by atoms with Gasteiger partial charge in [-0.2, -0.15) is 0 Å². The van der Waals surface area contributed by atoms with E-state index in [1.54, 1.807) is 47.8 Å². The molecule has 1 aromatic carbocycles. The quantitative estimate of drug-likeness (QED) is 0.100. The van der Waals surface area contributed by atoms with Gasteiger partial charge < -0.3 is 45.7 Å². The number of aliphatic hydroxyl groups is 1. The Labute approximate surface area is 329 Å². The van der Waals surface area contributed by atoms with Gasteiger partial charge in [0.05, 0.1) is 42.9 Å². The van der Waals surface area contributed by atoms with Crippen molar-refractivity contribution in [2.75, 3.05) is 59.7 Å². The highest BCUT2D eigenvalue weighted by Gasteiger charge is 2.34. The molecule has 55 heavy (non-hydrogen) atoms. The zero-order chi connectivity index (χ0) is 41.3. The molecule has 0 spiro atoms. The number of benzene rings is 1. The van der Waals surface area contributed by atoms with Gasteiger partial charge in [0.1, 0.15) is 11.4 Å². The van der Waals surface area contributed by atoms with Crippen molar-refractivity contribution in [3.63, 3.8) is 0 Å². The van der Waals surface area contributed by atoms with Crippen LogP contribution in [0.2, 0.25) is 0 Å². The lowest BCUT2D eigenvalue weighted by atomic mass is 9.82. The fourth-order valence-electron chi connectivity index (χ4n) is 6.16. The molecule has 14 heteroatoms. The monoisotopic (exact) mass is 778 g/mol. The molecule has 0 radical (unpaired) electrons. The van der Waals surface area contributed by atoms with Crippen LogP contribution in [0.3, 0.4) is 0 Å². The number of hydrogen-bond donors (Lipinski definition) is 5. The molecule has 1 aliphatic heterocycles. The van der Waals surface area contributed by atoms with Crippen LogP contribution in [0.4, 0.5) is 4.79 Å². The maximum absolute atomic E-state index is 13.8. The predicted octanol–water partition coefficient (Wildman–Crippen LogP) is 4.26. The number of unbranched alkanes of at least 4 members (excludes halogenated alkanes) is 1. The Morgan fingerprint density at radius 3 is 2.18 bits per heavy atom. The molecule has 314 valence electrons. The van der Waals surface area contributed by atoms with E-state index >= 15 is 0 Å². The summed E-state index contributed by atoms with van der Waals surface area (Å²) >= 11 is 0. The number of carbonyl (C=O) groups excluding carboxylic acids is 4. The van der Waals surface area contributed by atoms with Crippen LogP contribution >= 0.6 is 0 Å². The smallest absolute Gasteiger partial charge is 0.407 e. The molecule has 1 heterocycles. The van der Waals surface area contributed by atoms with Gasteiger partial charge in [0.2, 0.25) is 11.8 Å². The zero-order valence-corrected chi connectivity index (χ0v) is 35.1. The average molecular weight is 778 g/mol. The van der Waals surface area contributed by atoms with Crippen LogP contribution in [0.15, 0.2) is 18.2 Å². The van der Waals surface area contributed by atoms with Gasteiger partial charge in [-0.3, -0.25) is 19.3 Å². The summed E-state index contributed by atoms with van der Waals surface area (Å²) < 4.78 is 22.4. The Morgan fingerprint density at radius 1 is 0.945 bits per heavy atom. The minimum Gasteiger partial charge on any atom is -0.493 e. The Bertz CT molecular complexity index is 1360. The van der Waals surface area contributed by atoms with Crippen LogP contribution in [0.25, 0.3) is 0 Å². The maximum Gasteiger partial charge on any atom is 0.407 e. The van der Waals surface area contributed by atoms with Crippen LogP contribution in [0, 0.1) is 29.1 Å². The summed E-state index contributed by atoms with van der Waals surface area (Å²) in [5.74, 6) is -1.56. The normalized spacial score (nSPS) is 16.2. The molecule has 1 saturated heterocycles. The number of methoxy groups -OCH3 is 1. The van der Waals surface area contributed by atoms with E-state index in [0.717, 1.165) is 38.0 Å². The van der Waals surface area contributed by atoms with Gasteiger partial charge in [-0.1, -0.05) is 33.8 Å². The summed E-state index contributed by atoms with van der Waals surface area (Å²) in [5.41, 5.74) is 5.24. The van der Waals surface area contributed by atoms with Gasteiger partial charge in [0, 0.05) is 52.4 Å². The molecule has 4 atom stereocenters. The first-order valence-electron chi connectivity index (χ1n) is 19.8. The van der Waals surface area contributed by atoms with Crippen molar-refractivity contribution in [1.29, 1.82) is 0 Å². The van der Waals surface area contributed by atoms with Gasteiger partial charge >= 0.3 is 6.09 Å². The van der Waals surface area contributed by atoms with Crippen molar-refractivity contribution in [1.82, 2.24) is 20.9 Å². The number of nitrogens with two attached hydrogens (primary N) is 1. The summed E-state index contributed by atoms with van der Waals surface area (Å²) in [6, 6.07) is 4.89. The van der Waals surface area contributed by atoms with Crippen LogP contribution in [-0.4, -0.2) is 111 Å². The first-order chi connectivity index (χ1) is 25.7. The zero-order valence-electron chi connectivity index (χ0n) is 35.1. The van der Waals surface area contributed by atoms with E-state index in [0.29, 0.717) is 44.2 Å². The highest BCUT2D eigenvalue weighted by molar-refractivity contribution is 5.97. The number of hydrogen-bond acceptors (Lipinski definition) is 10. The van der Waals surface area contributed by atoms with Crippen molar-refractivity contribution >= 4 is 23.8 Å². The van der Waals surface area contributed by atoms with E-state index in [-0.39, 0.29) is 49.1 Å². The molecule has 1 aromatic rings. The van der Waals surface area contributed by atoms with Crippen molar-refractivity contribution in [2.24, 2.45) is 34.8 Å². The van der Waals surface area contributed by atoms with E-state index in [2.05, 4.69) is 20.9 Å². The number of alkyl carbamates (subject to hydrolysis) is 1. The van der Waals surface area contributed by atoms with Crippen LogP contribution in [0.5, 0.6) is 5.75 Å². The minimum absolute atomic E-state index is 0.0417. The van der Waals surface area contributed by atoms with Crippen LogP contribution in [0.1, 0.15) is 104 Å². The third-order valence-corrected chi connectivity index (χ3v) is 10.0. The first-order valence-corrected chi connectivity index (χ1v) is 19.8. The fourth-order valence-corrected chi connectivity index (χ4v) is 6.16. The second kappa shape index (κ2) is 22.9. The number of rotatable bonds is 23. The summed E-state index contributed by atoms with van der Waals surface area (Å²) in [5, 5.41) is 20.5. The highest BCUT2D eigenvalue weighted by atomic mass is 16.6. The number of nitrogens with one attached hydrogen (secondary N) is 3. The van der Waals surface area contributed by atoms with Crippen molar-refractivity contribution in [2.45, 2.75) is 112 Å². The Hall–Kier alpha value is -3.46. The standard InChI is InChI=1S/C41H71N5O9/c1-27(2)30(24-43-36(48)31-14-13-29(25-46-15-19-53-20-16-46)21-35(31)54-18-12-11-17-52-10)22-33(45-39(51)55-40(5,6)7)34(47)23-32(28(3)4)37(49)44-26-41(8,9)38(42)50/h13-14,21,27-28,30,32-34,47H,11-12,15-20,22-26H2,1-10H3,(H2,42,50)(H,43,48)(H,44,49)(H,45,51)/t30-,32+,33+,34+/m1/s1. The predicted molar refractivity (Wildman–Crippen MR) is 213 cm³/mol. The lowest BCUT2D eigenvalue weighted by molar-refractivity contribution is -0.130. The fraction of sp³-hybridized carbons (Fsp3) is 0.756. The number of aliphatic hydroxyl groups excluding tert-OH is 1. The number of morpholine rings is 1. The van der Waals surface area contributed by atoms with Crippen molar-refractivity contribution < 1.29 is 43.2 Å². The molecular weight excluding hydrogens is 706 g/mol. The molecule has 4 amide bonds. The van der Waals surface area contributed by atoms with E-state index in [1.165, 1.54) is 0 Å². The molecule has 6 N–H and O–H groups in total. The molecule has 14 nitrogen and oxygen atoms in total. The number of nitrogens with zero attached hydrogens (tertiary/aromatic N) is 1. The largest absolute Gasteiger partial charge is 0.493 e. The minimum atomic E-state index is -1.14. The Morgan fingerprint density at radius 2 is 1.60 bits per heavy atom. The third-order valence-electron chi connectivity index (χ3n) is 10.0. The molecule has 1 fully saturated rings. The number of amides is 4. The van der Waals surface area contributed by atoms with E-state index < -0.39 is 41.1 Å². The summed E-state index contributed by atoms with van der Waals surface area (Å²) in [6.07, 6.45) is 0.116. The summed E-state index contributed by atoms with van der Waals surface area (Å²) in [6.45, 7) is 21.5. The summed E-state index contributed by atoms with van der Waals surface area (Å²) in [4.78, 5) is 54.4. The lowest BCUT2D eigenvalue weighted by Crippen LogP contribution is -2.50. The number of ether oxygens (including phenoxy) is 4. The topological polar surface area (TPSA) is 191 Å². The second-order valence-electron chi connectivity index (χ2n) is 17.1. The maximum atomic E-state index is 13.8. The van der Waals surface area contributed by atoms with Crippen LogP contribution < -0.4 is 26.4 Å². The van der Waals surface area contributed by atoms with Crippen molar-refractivity contribution in [3.8, 4) is 5.75 Å². The Balaban J connectivity index is 2.27. The molecule has 1 aliphatic rings. The highest BCUT2D eigenvalue weighted by Crippen LogP contribution is 2.27. The van der Waals surface area contributed by atoms with Gasteiger partial charge in [-0.25, -0.2) is 4.79 Å². The van der Waals surface area contributed by atoms with Gasteiger partial charge in [-0.05, 0) is 95.8 Å². The molecule has 0 aliphatic carbocycles. The lowest BCUT2D eigenvalue weighted by Gasteiger charge is -2.33. The first kappa shape index (κ1) is 47.7. The molecule has 0 unspecified atom stereocenters. The van der Waals surface area contributed by atoms with E-state index in [4.69, 9.17) is 24.7 Å². The van der Waals surface area contributed by atoms with E-state index in [1.807, 2.05) is 39.8 Å². The van der Waals surface area contributed by atoms with Crippen molar-refractivity contribution in [3.05, 3.63) is 29.3 Å². The number of carbonyl (C=O) groups is 4. The molecular formula is C41H71N5O9. The average Bonchev–Trinajstić information content (AvgIpc) is 3.09. The SMILES string of the molecule is COCCCCOc1cc(CN2CCOCC2)ccc1C(=O)NC[C@@H](C[C@H](NC(=O)OC(C)(C)C)[C@@H](O)C[C@H](C(=O)NCC(C)(C)C(N)=O)C(C)C)C(C)C. The van der Waals surface area contributed by atoms with E-state index in [9.17, 15) is 24.3 Å². The van der Waals surface area contributed by atoms with Gasteiger partial charge in [0.25, 0.3) is 5.91 Å². The number of primary amides is 1. The van der Waals surface area contributed by atoms with Gasteiger partial charge in [0.15, 0.2) is 0 Å². The molecule has 2 rings (SSSR count). The Kier molecular flexibility index (Phi) is 19.9. The summed E-state index contributed by atoms with van der Waals surface area (Å²) in [7, 11) is 1.66. The molecule has 0 bridgehead atoms.